The molecule has 0 radical (unpaired) electrons. The average Bonchev–Trinajstić information content (AvgIpc) is 2.72. The minimum atomic E-state index is 0.280. The molecule has 1 aliphatic rings. The zero-order valence-corrected chi connectivity index (χ0v) is 9.19. The number of fused-ring (bicyclic) bond motifs is 1. The van der Waals surface area contributed by atoms with Crippen LogP contribution < -0.4 is 10.6 Å². The summed E-state index contributed by atoms with van der Waals surface area (Å²) in [7, 11) is 0. The molecule has 1 aromatic heterocycles. The molecule has 4 nitrogen and oxygen atoms in total. The van der Waals surface area contributed by atoms with Crippen molar-refractivity contribution in [2.75, 3.05) is 18.0 Å². The molecule has 0 bridgehead atoms. The highest BCUT2D eigenvalue weighted by molar-refractivity contribution is 5.77. The molecule has 3 N–H and O–H groups in total. The van der Waals surface area contributed by atoms with E-state index in [2.05, 4.69) is 20.9 Å². The van der Waals surface area contributed by atoms with Gasteiger partial charge >= 0.3 is 0 Å². The number of anilines is 1. The summed E-state index contributed by atoms with van der Waals surface area (Å²) in [6.45, 7) is 1.95. The number of H-pyrrole nitrogens is 1. The van der Waals surface area contributed by atoms with Crippen LogP contribution in [0.25, 0.3) is 11.0 Å². The fourth-order valence-corrected chi connectivity index (χ4v) is 2.29. The summed E-state index contributed by atoms with van der Waals surface area (Å²) in [5.74, 6) is 0.955. The van der Waals surface area contributed by atoms with Gasteiger partial charge in [0.2, 0.25) is 5.95 Å². The van der Waals surface area contributed by atoms with E-state index in [-0.39, 0.29) is 6.04 Å². The Labute approximate surface area is 94.5 Å². The third kappa shape index (κ3) is 1.65. The lowest BCUT2D eigenvalue weighted by Gasteiger charge is -2.30. The van der Waals surface area contributed by atoms with E-state index in [9.17, 15) is 0 Å². The third-order valence-electron chi connectivity index (χ3n) is 3.13. The molecule has 0 amide bonds. The Balaban J connectivity index is 1.93. The number of para-hydroxylation sites is 2. The molecule has 1 aromatic carbocycles. The Kier molecular flexibility index (Phi) is 2.29. The average molecular weight is 216 g/mol. The van der Waals surface area contributed by atoms with Crippen LogP contribution in [-0.4, -0.2) is 29.1 Å². The van der Waals surface area contributed by atoms with Crippen LogP contribution in [0, 0.1) is 0 Å². The van der Waals surface area contributed by atoms with Gasteiger partial charge in [-0.25, -0.2) is 4.98 Å². The number of rotatable bonds is 1. The van der Waals surface area contributed by atoms with Gasteiger partial charge in [-0.1, -0.05) is 12.1 Å². The van der Waals surface area contributed by atoms with E-state index < -0.39 is 0 Å². The second-order valence-electron chi connectivity index (χ2n) is 4.43. The quantitative estimate of drug-likeness (QED) is 0.759. The van der Waals surface area contributed by atoms with Crippen LogP contribution in [0.3, 0.4) is 0 Å². The zero-order valence-electron chi connectivity index (χ0n) is 9.19. The largest absolute Gasteiger partial charge is 0.341 e. The summed E-state index contributed by atoms with van der Waals surface area (Å²) >= 11 is 0. The Hall–Kier alpha value is -1.55. The first-order valence-electron chi connectivity index (χ1n) is 5.78. The predicted octanol–water partition coefficient (Wildman–Crippen LogP) is 1.49. The van der Waals surface area contributed by atoms with E-state index in [4.69, 9.17) is 5.73 Å². The number of piperidine rings is 1. The summed E-state index contributed by atoms with van der Waals surface area (Å²) in [6, 6.07) is 8.39. The predicted molar refractivity (Wildman–Crippen MR) is 65.5 cm³/mol. The molecule has 0 saturated carbocycles. The lowest BCUT2D eigenvalue weighted by molar-refractivity contribution is 0.501. The van der Waals surface area contributed by atoms with Crippen molar-refractivity contribution in [3.63, 3.8) is 0 Å². The van der Waals surface area contributed by atoms with Gasteiger partial charge in [0, 0.05) is 19.1 Å². The number of hydrogen-bond acceptors (Lipinski definition) is 3. The molecule has 2 aromatic rings. The molecule has 1 aliphatic heterocycles. The zero-order chi connectivity index (χ0) is 11.0. The van der Waals surface area contributed by atoms with E-state index in [1.54, 1.807) is 0 Å². The maximum atomic E-state index is 5.97. The Bertz CT molecular complexity index is 457. The van der Waals surface area contributed by atoms with Crippen LogP contribution >= 0.6 is 0 Å². The van der Waals surface area contributed by atoms with Crippen LogP contribution in [0.15, 0.2) is 24.3 Å². The highest BCUT2D eigenvalue weighted by atomic mass is 15.3. The molecule has 2 heterocycles. The Morgan fingerprint density at radius 2 is 2.25 bits per heavy atom. The second kappa shape index (κ2) is 3.79. The molecule has 16 heavy (non-hydrogen) atoms. The van der Waals surface area contributed by atoms with Gasteiger partial charge in [-0.2, -0.15) is 0 Å². The van der Waals surface area contributed by atoms with Crippen molar-refractivity contribution in [2.24, 2.45) is 5.73 Å². The number of hydrogen-bond donors (Lipinski definition) is 2. The van der Waals surface area contributed by atoms with Gasteiger partial charge in [0.25, 0.3) is 0 Å². The highest BCUT2D eigenvalue weighted by Crippen LogP contribution is 2.20. The summed E-state index contributed by atoms with van der Waals surface area (Å²) in [5, 5.41) is 0. The molecule has 1 fully saturated rings. The van der Waals surface area contributed by atoms with Gasteiger partial charge in [0.05, 0.1) is 11.0 Å². The fourth-order valence-electron chi connectivity index (χ4n) is 2.29. The number of imidazole rings is 1. The van der Waals surface area contributed by atoms with Crippen molar-refractivity contribution in [2.45, 2.75) is 18.9 Å². The first-order chi connectivity index (χ1) is 7.83. The lowest BCUT2D eigenvalue weighted by atomic mass is 10.1. The van der Waals surface area contributed by atoms with Crippen LogP contribution in [-0.2, 0) is 0 Å². The van der Waals surface area contributed by atoms with Gasteiger partial charge < -0.3 is 15.6 Å². The minimum absolute atomic E-state index is 0.280. The van der Waals surface area contributed by atoms with Crippen molar-refractivity contribution >= 4 is 17.0 Å². The van der Waals surface area contributed by atoms with Crippen LogP contribution in [0.1, 0.15) is 12.8 Å². The molecular formula is C12H16N4. The molecule has 1 atom stereocenters. The van der Waals surface area contributed by atoms with Crippen molar-refractivity contribution in [3.8, 4) is 0 Å². The summed E-state index contributed by atoms with van der Waals surface area (Å²) in [4.78, 5) is 10.2. The molecular weight excluding hydrogens is 200 g/mol. The standard InChI is InChI=1S/C12H16N4/c13-9-4-3-7-16(8-9)12-14-10-5-1-2-6-11(10)15-12/h1-2,5-6,9H,3-4,7-8,13H2,(H,14,15)/t9-/m0/s1. The number of aromatic nitrogens is 2. The van der Waals surface area contributed by atoms with E-state index >= 15 is 0 Å². The van der Waals surface area contributed by atoms with E-state index in [0.29, 0.717) is 0 Å². The van der Waals surface area contributed by atoms with E-state index in [0.717, 1.165) is 42.9 Å². The lowest BCUT2D eigenvalue weighted by Crippen LogP contribution is -2.43. The monoisotopic (exact) mass is 216 g/mol. The maximum absolute atomic E-state index is 5.97. The molecule has 84 valence electrons. The third-order valence-corrected chi connectivity index (χ3v) is 3.13. The summed E-state index contributed by atoms with van der Waals surface area (Å²) in [5.41, 5.74) is 8.09. The smallest absolute Gasteiger partial charge is 0.203 e. The molecule has 0 unspecified atom stereocenters. The topological polar surface area (TPSA) is 57.9 Å². The number of aromatic amines is 1. The van der Waals surface area contributed by atoms with Crippen LogP contribution in [0.5, 0.6) is 0 Å². The first kappa shape index (κ1) is 9.66. The SMILES string of the molecule is N[C@H]1CCCN(c2nc3ccccc3[nH]2)C1. The Morgan fingerprint density at radius 3 is 3.06 bits per heavy atom. The van der Waals surface area contributed by atoms with Gasteiger partial charge in [-0.05, 0) is 25.0 Å². The first-order valence-corrected chi connectivity index (χ1v) is 5.78. The number of nitrogens with two attached hydrogens (primary N) is 1. The van der Waals surface area contributed by atoms with Crippen molar-refractivity contribution in [1.82, 2.24) is 9.97 Å². The summed E-state index contributed by atoms with van der Waals surface area (Å²) in [6.07, 6.45) is 2.27. The number of nitrogens with one attached hydrogen (secondary N) is 1. The second-order valence-corrected chi connectivity index (χ2v) is 4.43. The maximum Gasteiger partial charge on any atom is 0.203 e. The summed E-state index contributed by atoms with van der Waals surface area (Å²) < 4.78 is 0. The molecule has 0 spiro atoms. The number of nitrogens with zero attached hydrogens (tertiary/aromatic N) is 2. The van der Waals surface area contributed by atoms with E-state index in [1.165, 1.54) is 0 Å². The van der Waals surface area contributed by atoms with Crippen molar-refractivity contribution in [3.05, 3.63) is 24.3 Å². The van der Waals surface area contributed by atoms with Crippen LogP contribution in [0.2, 0.25) is 0 Å². The van der Waals surface area contributed by atoms with Gasteiger partial charge in [0.15, 0.2) is 0 Å². The highest BCUT2D eigenvalue weighted by Gasteiger charge is 2.19. The van der Waals surface area contributed by atoms with Crippen LogP contribution in [0.4, 0.5) is 5.95 Å². The minimum Gasteiger partial charge on any atom is -0.341 e. The fraction of sp³-hybridized carbons (Fsp3) is 0.417. The van der Waals surface area contributed by atoms with Crippen molar-refractivity contribution < 1.29 is 0 Å². The molecule has 1 saturated heterocycles. The van der Waals surface area contributed by atoms with E-state index in [1.807, 2.05) is 18.2 Å². The number of benzene rings is 1. The normalized spacial score (nSPS) is 21.6. The van der Waals surface area contributed by atoms with Gasteiger partial charge in [0.1, 0.15) is 0 Å². The Morgan fingerprint density at radius 1 is 1.38 bits per heavy atom. The molecule has 0 aliphatic carbocycles. The van der Waals surface area contributed by atoms with Gasteiger partial charge in [-0.3, -0.25) is 0 Å². The van der Waals surface area contributed by atoms with Gasteiger partial charge in [-0.15, -0.1) is 0 Å². The molecule has 4 heteroatoms. The molecule has 3 rings (SSSR count). The van der Waals surface area contributed by atoms with Crippen molar-refractivity contribution in [1.29, 1.82) is 0 Å².